The maximum absolute atomic E-state index is 10.5. The molecule has 1 aromatic rings. The predicted octanol–water partition coefficient (Wildman–Crippen LogP) is 3.05. The van der Waals surface area contributed by atoms with Crippen LogP contribution in [0.3, 0.4) is 0 Å². The lowest BCUT2D eigenvalue weighted by Crippen LogP contribution is -1.99. The van der Waals surface area contributed by atoms with Crippen LogP contribution in [0.25, 0.3) is 0 Å². The zero-order chi connectivity index (χ0) is 8.48. The summed E-state index contributed by atoms with van der Waals surface area (Å²) >= 11 is 16.5. The molecule has 1 heterocycles. The summed E-state index contributed by atoms with van der Waals surface area (Å²) in [7, 11) is 0. The van der Waals surface area contributed by atoms with Gasteiger partial charge in [-0.2, -0.15) is 0 Å². The highest BCUT2D eigenvalue weighted by Gasteiger charge is 2.22. The molecule has 0 atom stereocenters. The lowest BCUT2D eigenvalue weighted by Gasteiger charge is -2.08. The van der Waals surface area contributed by atoms with Crippen LogP contribution >= 0.6 is 34.8 Å². The Morgan fingerprint density at radius 3 is 2.27 bits per heavy atom. The molecule has 1 aromatic heterocycles. The van der Waals surface area contributed by atoms with Crippen molar-refractivity contribution < 1.29 is 5.11 Å². The van der Waals surface area contributed by atoms with Gasteiger partial charge in [-0.25, -0.2) is 4.98 Å². The second-order valence-corrected chi connectivity index (χ2v) is 4.16. The minimum Gasteiger partial charge on any atom is -0.267 e. The molecular formula is C6H3Cl3NO. The van der Waals surface area contributed by atoms with Gasteiger partial charge in [-0.05, 0) is 6.07 Å². The molecule has 0 unspecified atom stereocenters. The molecule has 0 aliphatic carbocycles. The molecule has 0 aliphatic rings. The van der Waals surface area contributed by atoms with Crippen molar-refractivity contribution in [3.63, 3.8) is 0 Å². The van der Waals surface area contributed by atoms with E-state index in [4.69, 9.17) is 34.8 Å². The van der Waals surface area contributed by atoms with E-state index in [0.717, 1.165) is 0 Å². The number of alkyl halides is 3. The summed E-state index contributed by atoms with van der Waals surface area (Å²) < 4.78 is -1.50. The molecule has 0 N–H and O–H groups in total. The van der Waals surface area contributed by atoms with E-state index in [0.29, 0.717) is 5.56 Å². The van der Waals surface area contributed by atoms with Crippen LogP contribution in [0.5, 0.6) is 5.88 Å². The Kier molecular flexibility index (Phi) is 2.47. The van der Waals surface area contributed by atoms with E-state index in [-0.39, 0.29) is 5.88 Å². The lowest BCUT2D eigenvalue weighted by molar-refractivity contribution is 0.337. The van der Waals surface area contributed by atoms with Crippen molar-refractivity contribution in [2.75, 3.05) is 0 Å². The van der Waals surface area contributed by atoms with Crippen LogP contribution in [-0.2, 0) is 8.90 Å². The molecule has 5 heteroatoms. The Morgan fingerprint density at radius 1 is 1.27 bits per heavy atom. The summed E-state index contributed by atoms with van der Waals surface area (Å²) in [4.78, 5) is 3.44. The van der Waals surface area contributed by atoms with Crippen LogP contribution in [0.4, 0.5) is 0 Å². The summed E-state index contributed by atoms with van der Waals surface area (Å²) in [5.74, 6) is -0.344. The first kappa shape index (κ1) is 8.91. The van der Waals surface area contributed by atoms with Gasteiger partial charge in [0.05, 0.1) is 0 Å². The van der Waals surface area contributed by atoms with Crippen LogP contribution in [0.1, 0.15) is 5.56 Å². The molecule has 0 bridgehead atoms. The number of aromatic nitrogens is 1. The molecule has 59 valence electrons. The van der Waals surface area contributed by atoms with Gasteiger partial charge in [0, 0.05) is 17.8 Å². The Morgan fingerprint density at radius 2 is 1.91 bits per heavy atom. The van der Waals surface area contributed by atoms with Crippen molar-refractivity contribution in [1.82, 2.24) is 4.98 Å². The highest BCUT2D eigenvalue weighted by atomic mass is 35.6. The SMILES string of the molecule is [O]c1ccc(C(Cl)(Cl)Cl)cn1. The Bertz CT molecular complexity index is 241. The number of nitrogens with zero attached hydrogens (tertiary/aromatic N) is 1. The number of pyridine rings is 1. The van der Waals surface area contributed by atoms with E-state index in [1.807, 2.05) is 0 Å². The average molecular weight is 211 g/mol. The van der Waals surface area contributed by atoms with Crippen LogP contribution < -0.4 is 0 Å². The smallest absolute Gasteiger partial charge is 0.267 e. The summed E-state index contributed by atoms with van der Waals surface area (Å²) in [5, 5.41) is 10.5. The third-order valence-electron chi connectivity index (χ3n) is 1.06. The highest BCUT2D eigenvalue weighted by Crippen LogP contribution is 2.37. The fourth-order valence-corrected chi connectivity index (χ4v) is 0.883. The van der Waals surface area contributed by atoms with E-state index in [2.05, 4.69) is 4.98 Å². The maximum atomic E-state index is 10.5. The van der Waals surface area contributed by atoms with Gasteiger partial charge in [0.25, 0.3) is 5.88 Å². The molecule has 0 fully saturated rings. The zero-order valence-electron chi connectivity index (χ0n) is 5.22. The third-order valence-corrected chi connectivity index (χ3v) is 1.72. The second-order valence-electron chi connectivity index (χ2n) is 1.88. The first-order valence-corrected chi connectivity index (χ1v) is 3.84. The summed E-state index contributed by atoms with van der Waals surface area (Å²) in [6.07, 6.45) is 1.25. The van der Waals surface area contributed by atoms with E-state index >= 15 is 0 Å². The number of rotatable bonds is 0. The Labute approximate surface area is 78.7 Å². The largest absolute Gasteiger partial charge is 0.269 e. The van der Waals surface area contributed by atoms with Crippen LogP contribution in [0.2, 0.25) is 0 Å². The van der Waals surface area contributed by atoms with Crippen molar-refractivity contribution >= 4 is 34.8 Å². The summed E-state index contributed by atoms with van der Waals surface area (Å²) in [6, 6.07) is 2.68. The van der Waals surface area contributed by atoms with Crippen molar-refractivity contribution in [2.24, 2.45) is 0 Å². The van der Waals surface area contributed by atoms with Gasteiger partial charge < -0.3 is 0 Å². The quantitative estimate of drug-likeness (QED) is 0.607. The van der Waals surface area contributed by atoms with Gasteiger partial charge in [-0.15, -0.1) is 0 Å². The van der Waals surface area contributed by atoms with E-state index in [9.17, 15) is 5.11 Å². The number of hydrogen-bond acceptors (Lipinski definition) is 1. The first-order chi connectivity index (χ1) is 5.00. The van der Waals surface area contributed by atoms with E-state index in [1.54, 1.807) is 0 Å². The van der Waals surface area contributed by atoms with Crippen LogP contribution in [0.15, 0.2) is 18.3 Å². The van der Waals surface area contributed by atoms with Crippen LogP contribution in [0, 0.1) is 0 Å². The van der Waals surface area contributed by atoms with Gasteiger partial charge in [0.2, 0.25) is 3.79 Å². The molecule has 1 radical (unpaired) electrons. The summed E-state index contributed by atoms with van der Waals surface area (Å²) in [5.41, 5.74) is 0.391. The second kappa shape index (κ2) is 3.05. The van der Waals surface area contributed by atoms with Crippen molar-refractivity contribution in [3.8, 4) is 5.88 Å². The fraction of sp³-hybridized carbons (Fsp3) is 0.167. The normalized spacial score (nSPS) is 11.5. The molecule has 11 heavy (non-hydrogen) atoms. The average Bonchev–Trinajstić information content (AvgIpc) is 1.86. The van der Waals surface area contributed by atoms with Gasteiger partial charge in [-0.3, -0.25) is 5.11 Å². The molecule has 1 rings (SSSR count). The van der Waals surface area contributed by atoms with Crippen molar-refractivity contribution in [1.29, 1.82) is 0 Å². The standard InChI is InChI=1S/C6H3Cl3NO/c7-6(8,9)4-1-2-5(11)10-3-4/h1-3H. The number of hydrogen-bond donors (Lipinski definition) is 0. The molecular weight excluding hydrogens is 208 g/mol. The van der Waals surface area contributed by atoms with Crippen molar-refractivity contribution in [2.45, 2.75) is 3.79 Å². The number of halogens is 3. The fourth-order valence-electron chi connectivity index (χ4n) is 0.548. The zero-order valence-corrected chi connectivity index (χ0v) is 7.49. The molecule has 0 aromatic carbocycles. The predicted molar refractivity (Wildman–Crippen MR) is 43.6 cm³/mol. The highest BCUT2D eigenvalue weighted by molar-refractivity contribution is 6.66. The monoisotopic (exact) mass is 210 g/mol. The molecule has 2 nitrogen and oxygen atoms in total. The van der Waals surface area contributed by atoms with Gasteiger partial charge in [0.1, 0.15) is 0 Å². The summed E-state index contributed by atoms with van der Waals surface area (Å²) in [6.45, 7) is 0. The minimum absolute atomic E-state index is 0.344. The maximum Gasteiger partial charge on any atom is 0.269 e. The first-order valence-electron chi connectivity index (χ1n) is 2.70. The van der Waals surface area contributed by atoms with Gasteiger partial charge in [-0.1, -0.05) is 34.8 Å². The van der Waals surface area contributed by atoms with Gasteiger partial charge in [0.15, 0.2) is 0 Å². The third kappa shape index (κ3) is 2.40. The molecule has 0 aliphatic heterocycles. The van der Waals surface area contributed by atoms with Crippen molar-refractivity contribution in [3.05, 3.63) is 23.9 Å². The lowest BCUT2D eigenvalue weighted by atomic mass is 10.3. The Hall–Kier alpha value is -0.180. The molecule has 0 spiro atoms. The molecule has 0 saturated heterocycles. The van der Waals surface area contributed by atoms with E-state index < -0.39 is 3.79 Å². The van der Waals surface area contributed by atoms with Crippen LogP contribution in [-0.4, -0.2) is 4.98 Å². The molecule has 0 amide bonds. The topological polar surface area (TPSA) is 32.8 Å². The molecule has 0 saturated carbocycles. The minimum atomic E-state index is -1.50. The Balaban J connectivity index is 2.99. The van der Waals surface area contributed by atoms with Gasteiger partial charge >= 0.3 is 0 Å². The van der Waals surface area contributed by atoms with E-state index in [1.165, 1.54) is 18.3 Å².